The SMILES string of the molecule is CN=C(N)NCCCS(=O)(=O)c1ccccc1.I. The maximum Gasteiger partial charge on any atom is 0.188 e. The van der Waals surface area contributed by atoms with E-state index in [4.69, 9.17) is 5.73 Å². The number of nitrogens with one attached hydrogen (secondary N) is 1. The van der Waals surface area contributed by atoms with Crippen molar-refractivity contribution in [3.63, 3.8) is 0 Å². The maximum atomic E-state index is 11.9. The van der Waals surface area contributed by atoms with Gasteiger partial charge < -0.3 is 11.1 Å². The first-order valence-electron chi connectivity index (χ1n) is 5.30. The molecule has 0 saturated heterocycles. The first kappa shape index (κ1) is 17.2. The van der Waals surface area contributed by atoms with Crippen LogP contribution in [0.4, 0.5) is 0 Å². The van der Waals surface area contributed by atoms with Crippen molar-refractivity contribution in [2.45, 2.75) is 11.3 Å². The van der Waals surface area contributed by atoms with Gasteiger partial charge in [0.15, 0.2) is 15.8 Å². The highest BCUT2D eigenvalue weighted by Gasteiger charge is 2.12. The van der Waals surface area contributed by atoms with Gasteiger partial charge >= 0.3 is 0 Å². The van der Waals surface area contributed by atoms with Crippen LogP contribution in [0.25, 0.3) is 0 Å². The Morgan fingerprint density at radius 1 is 1.33 bits per heavy atom. The number of hydrogen-bond donors (Lipinski definition) is 2. The van der Waals surface area contributed by atoms with E-state index in [0.29, 0.717) is 23.8 Å². The average Bonchev–Trinajstić information content (AvgIpc) is 2.35. The molecule has 0 saturated carbocycles. The molecular formula is C11H18IN3O2S. The van der Waals surface area contributed by atoms with E-state index in [1.54, 1.807) is 37.4 Å². The molecule has 7 heteroatoms. The summed E-state index contributed by atoms with van der Waals surface area (Å²) in [5, 5.41) is 2.82. The summed E-state index contributed by atoms with van der Waals surface area (Å²) >= 11 is 0. The third kappa shape index (κ3) is 5.67. The molecule has 1 aromatic carbocycles. The van der Waals surface area contributed by atoms with Crippen LogP contribution in [0.15, 0.2) is 40.2 Å². The fraction of sp³-hybridized carbons (Fsp3) is 0.364. The van der Waals surface area contributed by atoms with Crippen LogP contribution in [0, 0.1) is 0 Å². The molecule has 0 aliphatic carbocycles. The van der Waals surface area contributed by atoms with Gasteiger partial charge in [-0.2, -0.15) is 0 Å². The van der Waals surface area contributed by atoms with Crippen LogP contribution in [0.3, 0.4) is 0 Å². The topological polar surface area (TPSA) is 84.5 Å². The molecule has 102 valence electrons. The molecule has 0 heterocycles. The second-order valence-corrected chi connectivity index (χ2v) is 5.63. The van der Waals surface area contributed by atoms with Gasteiger partial charge in [-0.15, -0.1) is 24.0 Å². The second kappa shape index (κ2) is 8.30. The lowest BCUT2D eigenvalue weighted by Gasteiger charge is -2.06. The fourth-order valence-corrected chi connectivity index (χ4v) is 2.64. The van der Waals surface area contributed by atoms with Crippen LogP contribution in [0.2, 0.25) is 0 Å². The number of rotatable bonds is 5. The number of halogens is 1. The summed E-state index contributed by atoms with van der Waals surface area (Å²) in [7, 11) is -1.61. The van der Waals surface area contributed by atoms with E-state index >= 15 is 0 Å². The highest BCUT2D eigenvalue weighted by Crippen LogP contribution is 2.10. The number of benzene rings is 1. The molecule has 0 aliphatic heterocycles. The third-order valence-electron chi connectivity index (χ3n) is 2.24. The van der Waals surface area contributed by atoms with E-state index in [-0.39, 0.29) is 29.7 Å². The van der Waals surface area contributed by atoms with Gasteiger partial charge in [0.2, 0.25) is 0 Å². The molecule has 3 N–H and O–H groups in total. The van der Waals surface area contributed by atoms with Crippen molar-refractivity contribution in [3.8, 4) is 0 Å². The van der Waals surface area contributed by atoms with Crippen LogP contribution in [-0.4, -0.2) is 33.7 Å². The van der Waals surface area contributed by atoms with Crippen LogP contribution < -0.4 is 11.1 Å². The quantitative estimate of drug-likeness (QED) is 0.344. The Bertz CT molecular complexity index is 474. The zero-order chi connectivity index (χ0) is 12.7. The van der Waals surface area contributed by atoms with Gasteiger partial charge in [0.25, 0.3) is 0 Å². The lowest BCUT2D eigenvalue weighted by atomic mass is 10.4. The molecule has 0 bridgehead atoms. The molecule has 0 atom stereocenters. The molecule has 0 fully saturated rings. The Kier molecular flexibility index (Phi) is 7.92. The predicted molar refractivity (Wildman–Crippen MR) is 84.1 cm³/mol. The molecule has 1 rings (SSSR count). The second-order valence-electron chi connectivity index (χ2n) is 3.52. The van der Waals surface area contributed by atoms with Crippen LogP contribution in [0.5, 0.6) is 0 Å². The van der Waals surface area contributed by atoms with Gasteiger partial charge in [0.05, 0.1) is 10.6 Å². The Morgan fingerprint density at radius 3 is 2.50 bits per heavy atom. The molecule has 18 heavy (non-hydrogen) atoms. The number of nitrogens with zero attached hydrogens (tertiary/aromatic N) is 1. The first-order valence-corrected chi connectivity index (χ1v) is 6.95. The molecule has 0 spiro atoms. The minimum absolute atomic E-state index is 0. The van der Waals surface area contributed by atoms with E-state index < -0.39 is 9.84 Å². The van der Waals surface area contributed by atoms with Gasteiger partial charge in [-0.3, -0.25) is 4.99 Å². The molecule has 0 unspecified atom stereocenters. The summed E-state index contributed by atoms with van der Waals surface area (Å²) in [4.78, 5) is 4.07. The van der Waals surface area contributed by atoms with E-state index in [1.807, 2.05) is 0 Å². The molecule has 5 nitrogen and oxygen atoms in total. The van der Waals surface area contributed by atoms with E-state index in [2.05, 4.69) is 10.3 Å². The number of hydrogen-bond acceptors (Lipinski definition) is 3. The summed E-state index contributed by atoms with van der Waals surface area (Å²) in [6.07, 6.45) is 0.493. The highest BCUT2D eigenvalue weighted by atomic mass is 127. The lowest BCUT2D eigenvalue weighted by Crippen LogP contribution is -2.32. The Hall–Kier alpha value is -0.830. The molecule has 0 aliphatic rings. The monoisotopic (exact) mass is 383 g/mol. The van der Waals surface area contributed by atoms with Gasteiger partial charge in [-0.05, 0) is 18.6 Å². The number of guanidine groups is 1. The zero-order valence-electron chi connectivity index (χ0n) is 10.2. The van der Waals surface area contributed by atoms with Gasteiger partial charge in [0.1, 0.15) is 0 Å². The van der Waals surface area contributed by atoms with Crippen molar-refractivity contribution in [1.29, 1.82) is 0 Å². The summed E-state index contributed by atoms with van der Waals surface area (Å²) in [5.74, 6) is 0.420. The zero-order valence-corrected chi connectivity index (χ0v) is 13.3. The summed E-state index contributed by atoms with van der Waals surface area (Å²) < 4.78 is 23.7. The van der Waals surface area contributed by atoms with Gasteiger partial charge in [-0.25, -0.2) is 8.42 Å². The van der Waals surface area contributed by atoms with Crippen LogP contribution in [0.1, 0.15) is 6.42 Å². The summed E-state index contributed by atoms with van der Waals surface area (Å²) in [6.45, 7) is 0.495. The average molecular weight is 383 g/mol. The largest absolute Gasteiger partial charge is 0.370 e. The Labute approximate surface area is 125 Å². The number of aliphatic imine (C=N–C) groups is 1. The molecule has 0 radical (unpaired) electrons. The fourth-order valence-electron chi connectivity index (χ4n) is 1.30. The molecular weight excluding hydrogens is 365 g/mol. The number of sulfone groups is 1. The first-order chi connectivity index (χ1) is 8.06. The van der Waals surface area contributed by atoms with Crippen LogP contribution >= 0.6 is 24.0 Å². The Balaban J connectivity index is 0.00000289. The van der Waals surface area contributed by atoms with Crippen molar-refractivity contribution in [3.05, 3.63) is 30.3 Å². The summed E-state index contributed by atoms with van der Waals surface area (Å²) in [5.41, 5.74) is 5.42. The number of nitrogens with two attached hydrogens (primary N) is 1. The van der Waals surface area contributed by atoms with E-state index in [9.17, 15) is 8.42 Å². The molecule has 0 aromatic heterocycles. The van der Waals surface area contributed by atoms with Gasteiger partial charge in [-0.1, -0.05) is 18.2 Å². The highest BCUT2D eigenvalue weighted by molar-refractivity contribution is 14.0. The minimum Gasteiger partial charge on any atom is -0.370 e. The summed E-state index contributed by atoms with van der Waals surface area (Å²) in [6, 6.07) is 8.42. The third-order valence-corrected chi connectivity index (χ3v) is 4.06. The minimum atomic E-state index is -3.19. The van der Waals surface area contributed by atoms with E-state index in [0.717, 1.165) is 0 Å². The predicted octanol–water partition coefficient (Wildman–Crippen LogP) is 1.00. The van der Waals surface area contributed by atoms with Crippen molar-refractivity contribution >= 4 is 39.8 Å². The van der Waals surface area contributed by atoms with Crippen molar-refractivity contribution < 1.29 is 8.42 Å². The van der Waals surface area contributed by atoms with E-state index in [1.165, 1.54) is 0 Å². The van der Waals surface area contributed by atoms with Crippen molar-refractivity contribution in [2.75, 3.05) is 19.3 Å². The smallest absolute Gasteiger partial charge is 0.188 e. The molecule has 0 amide bonds. The normalized spacial score (nSPS) is 11.7. The Morgan fingerprint density at radius 2 is 1.94 bits per heavy atom. The maximum absolute atomic E-state index is 11.9. The standard InChI is InChI=1S/C11H17N3O2S.HI/c1-13-11(12)14-8-5-9-17(15,16)10-6-3-2-4-7-10;/h2-4,6-7H,5,8-9H2,1H3,(H3,12,13,14);1H. The molecule has 1 aromatic rings. The lowest BCUT2D eigenvalue weighted by molar-refractivity contribution is 0.592. The van der Waals surface area contributed by atoms with Crippen LogP contribution in [-0.2, 0) is 9.84 Å². The van der Waals surface area contributed by atoms with Crippen molar-refractivity contribution in [1.82, 2.24) is 5.32 Å². The van der Waals surface area contributed by atoms with Gasteiger partial charge in [0, 0.05) is 13.6 Å². The van der Waals surface area contributed by atoms with Crippen molar-refractivity contribution in [2.24, 2.45) is 10.7 Å².